The minimum absolute atomic E-state index is 0.203. The first kappa shape index (κ1) is 9.21. The predicted octanol–water partition coefficient (Wildman–Crippen LogP) is 0.617. The summed E-state index contributed by atoms with van der Waals surface area (Å²) in [6.07, 6.45) is 5.37. The number of hydrogen-bond acceptors (Lipinski definition) is 5. The fourth-order valence-corrected chi connectivity index (χ4v) is 1.35. The molecule has 0 aromatic carbocycles. The number of hydrogen-bond donors (Lipinski definition) is 1. The average molecular weight is 195 g/mol. The van der Waals surface area contributed by atoms with Gasteiger partial charge < -0.3 is 15.2 Å². The van der Waals surface area contributed by atoms with E-state index in [9.17, 15) is 0 Å². The Morgan fingerprint density at radius 1 is 1.50 bits per heavy atom. The molecule has 0 saturated carbocycles. The summed E-state index contributed by atoms with van der Waals surface area (Å²) in [6.45, 7) is 1.38. The third kappa shape index (κ3) is 2.32. The number of nitrogen functional groups attached to an aromatic ring is 1. The van der Waals surface area contributed by atoms with Gasteiger partial charge in [0.15, 0.2) is 0 Å². The molecule has 0 aliphatic carbocycles. The van der Waals surface area contributed by atoms with E-state index in [0.29, 0.717) is 18.3 Å². The van der Waals surface area contributed by atoms with Crippen molar-refractivity contribution in [1.29, 1.82) is 0 Å². The first-order chi connectivity index (χ1) is 6.84. The molecule has 5 heteroatoms. The second kappa shape index (κ2) is 4.23. The van der Waals surface area contributed by atoms with Crippen LogP contribution < -0.4 is 10.5 Å². The quantitative estimate of drug-likeness (QED) is 0.765. The molecule has 5 nitrogen and oxygen atoms in total. The SMILES string of the molecule is Nc1cnc(OCC2CCCO2)cn1. The number of nitrogens with two attached hydrogens (primary N) is 1. The topological polar surface area (TPSA) is 70.3 Å². The second-order valence-corrected chi connectivity index (χ2v) is 3.23. The van der Waals surface area contributed by atoms with Crippen LogP contribution in [0.5, 0.6) is 5.88 Å². The predicted molar refractivity (Wildman–Crippen MR) is 50.9 cm³/mol. The van der Waals surface area contributed by atoms with Gasteiger partial charge in [-0.05, 0) is 12.8 Å². The molecule has 0 radical (unpaired) electrons. The van der Waals surface area contributed by atoms with E-state index >= 15 is 0 Å². The van der Waals surface area contributed by atoms with Gasteiger partial charge >= 0.3 is 0 Å². The molecule has 0 amide bonds. The van der Waals surface area contributed by atoms with Gasteiger partial charge in [0.05, 0.1) is 18.5 Å². The maximum Gasteiger partial charge on any atom is 0.232 e. The minimum atomic E-state index is 0.203. The van der Waals surface area contributed by atoms with Crippen molar-refractivity contribution in [3.63, 3.8) is 0 Å². The zero-order valence-electron chi connectivity index (χ0n) is 7.85. The fraction of sp³-hybridized carbons (Fsp3) is 0.556. The standard InChI is InChI=1S/C9H13N3O2/c10-8-4-12-9(5-11-8)14-6-7-2-1-3-13-7/h4-5,7H,1-3,6H2,(H2,10,11). The minimum Gasteiger partial charge on any atom is -0.474 e. The van der Waals surface area contributed by atoms with Gasteiger partial charge in [0.25, 0.3) is 0 Å². The molecule has 1 fully saturated rings. The lowest BCUT2D eigenvalue weighted by molar-refractivity contribution is 0.0662. The number of aromatic nitrogens is 2. The van der Waals surface area contributed by atoms with E-state index < -0.39 is 0 Å². The van der Waals surface area contributed by atoms with Crippen LogP contribution in [0.1, 0.15) is 12.8 Å². The Morgan fingerprint density at radius 3 is 3.07 bits per heavy atom. The van der Waals surface area contributed by atoms with E-state index in [4.69, 9.17) is 15.2 Å². The molecule has 1 unspecified atom stereocenters. The summed E-state index contributed by atoms with van der Waals surface area (Å²) in [5.41, 5.74) is 5.39. The molecule has 76 valence electrons. The van der Waals surface area contributed by atoms with Crippen molar-refractivity contribution in [3.8, 4) is 5.88 Å². The molecule has 2 N–H and O–H groups in total. The Morgan fingerprint density at radius 2 is 2.43 bits per heavy atom. The molecule has 0 bridgehead atoms. The summed E-state index contributed by atoms with van der Waals surface area (Å²) in [7, 11) is 0. The van der Waals surface area contributed by atoms with Gasteiger partial charge in [0.2, 0.25) is 5.88 Å². The van der Waals surface area contributed by atoms with Crippen molar-refractivity contribution < 1.29 is 9.47 Å². The molecule has 14 heavy (non-hydrogen) atoms. The average Bonchev–Trinajstić information content (AvgIpc) is 2.70. The third-order valence-electron chi connectivity index (χ3n) is 2.09. The third-order valence-corrected chi connectivity index (χ3v) is 2.09. The second-order valence-electron chi connectivity index (χ2n) is 3.23. The highest BCUT2D eigenvalue weighted by Gasteiger charge is 2.16. The van der Waals surface area contributed by atoms with Gasteiger partial charge in [0, 0.05) is 6.61 Å². The van der Waals surface area contributed by atoms with Crippen LogP contribution in [0.15, 0.2) is 12.4 Å². The number of anilines is 1. The van der Waals surface area contributed by atoms with E-state index in [1.165, 1.54) is 12.4 Å². The molecular weight excluding hydrogens is 182 g/mol. The first-order valence-corrected chi connectivity index (χ1v) is 4.66. The van der Waals surface area contributed by atoms with Gasteiger partial charge in [-0.2, -0.15) is 0 Å². The van der Waals surface area contributed by atoms with Crippen LogP contribution in [-0.2, 0) is 4.74 Å². The van der Waals surface area contributed by atoms with Crippen molar-refractivity contribution >= 4 is 5.82 Å². The fourth-order valence-electron chi connectivity index (χ4n) is 1.35. The summed E-state index contributed by atoms with van der Waals surface area (Å²) < 4.78 is 10.8. The van der Waals surface area contributed by atoms with Crippen LogP contribution in [0, 0.1) is 0 Å². The van der Waals surface area contributed by atoms with E-state index in [0.717, 1.165) is 19.4 Å². The first-order valence-electron chi connectivity index (χ1n) is 4.66. The summed E-state index contributed by atoms with van der Waals surface area (Å²) in [5, 5.41) is 0. The smallest absolute Gasteiger partial charge is 0.232 e. The zero-order chi connectivity index (χ0) is 9.80. The summed E-state index contributed by atoms with van der Waals surface area (Å²) in [4.78, 5) is 7.85. The van der Waals surface area contributed by atoms with Crippen molar-refractivity contribution in [2.75, 3.05) is 18.9 Å². The highest BCUT2D eigenvalue weighted by molar-refractivity contribution is 5.24. The molecule has 1 aliphatic heterocycles. The van der Waals surface area contributed by atoms with Gasteiger partial charge in [-0.25, -0.2) is 9.97 Å². The molecule has 1 aromatic rings. The number of ether oxygens (including phenoxy) is 2. The van der Waals surface area contributed by atoms with Gasteiger partial charge in [-0.3, -0.25) is 0 Å². The van der Waals surface area contributed by atoms with Crippen LogP contribution in [0.25, 0.3) is 0 Å². The summed E-state index contributed by atoms with van der Waals surface area (Å²) >= 11 is 0. The molecule has 0 spiro atoms. The Hall–Kier alpha value is -1.36. The normalized spacial score (nSPS) is 21.0. The van der Waals surface area contributed by atoms with Crippen molar-refractivity contribution in [2.45, 2.75) is 18.9 Å². The van der Waals surface area contributed by atoms with Crippen LogP contribution >= 0.6 is 0 Å². The molecule has 1 aliphatic rings. The van der Waals surface area contributed by atoms with Gasteiger partial charge in [0.1, 0.15) is 12.4 Å². The van der Waals surface area contributed by atoms with Crippen LogP contribution in [0.4, 0.5) is 5.82 Å². The van der Waals surface area contributed by atoms with E-state index in [1.807, 2.05) is 0 Å². The van der Waals surface area contributed by atoms with E-state index in [2.05, 4.69) is 9.97 Å². The van der Waals surface area contributed by atoms with Gasteiger partial charge in [-0.15, -0.1) is 0 Å². The number of nitrogens with zero attached hydrogens (tertiary/aromatic N) is 2. The summed E-state index contributed by atoms with van der Waals surface area (Å²) in [5.74, 6) is 0.893. The van der Waals surface area contributed by atoms with Crippen molar-refractivity contribution in [2.24, 2.45) is 0 Å². The van der Waals surface area contributed by atoms with Crippen LogP contribution in [0.3, 0.4) is 0 Å². The molecule has 2 rings (SSSR count). The summed E-state index contributed by atoms with van der Waals surface area (Å²) in [6, 6.07) is 0. The van der Waals surface area contributed by atoms with E-state index in [1.54, 1.807) is 0 Å². The molecule has 1 saturated heterocycles. The van der Waals surface area contributed by atoms with Crippen molar-refractivity contribution in [3.05, 3.63) is 12.4 Å². The van der Waals surface area contributed by atoms with Crippen LogP contribution in [-0.4, -0.2) is 29.3 Å². The Kier molecular flexibility index (Phi) is 2.78. The lowest BCUT2D eigenvalue weighted by Gasteiger charge is -2.09. The zero-order valence-corrected chi connectivity index (χ0v) is 7.85. The molecular formula is C9H13N3O2. The largest absolute Gasteiger partial charge is 0.474 e. The Labute approximate surface area is 82.3 Å². The van der Waals surface area contributed by atoms with Gasteiger partial charge in [-0.1, -0.05) is 0 Å². The lowest BCUT2D eigenvalue weighted by Crippen LogP contribution is -2.16. The highest BCUT2D eigenvalue weighted by atomic mass is 16.5. The Bertz CT molecular complexity index is 283. The molecule has 1 aromatic heterocycles. The maximum absolute atomic E-state index is 5.40. The molecule has 2 heterocycles. The van der Waals surface area contributed by atoms with E-state index in [-0.39, 0.29) is 6.10 Å². The maximum atomic E-state index is 5.40. The monoisotopic (exact) mass is 195 g/mol. The van der Waals surface area contributed by atoms with Crippen molar-refractivity contribution in [1.82, 2.24) is 9.97 Å². The number of rotatable bonds is 3. The molecule has 1 atom stereocenters. The van der Waals surface area contributed by atoms with Crippen LogP contribution in [0.2, 0.25) is 0 Å². The Balaban J connectivity index is 1.82. The highest BCUT2D eigenvalue weighted by Crippen LogP contribution is 2.13. The lowest BCUT2D eigenvalue weighted by atomic mass is 10.2.